The second-order valence-electron chi connectivity index (χ2n) is 4.07. The maximum Gasteiger partial charge on any atom is 0.255 e. The van der Waals surface area contributed by atoms with Crippen molar-refractivity contribution in [2.24, 2.45) is 0 Å². The van der Waals surface area contributed by atoms with E-state index < -0.39 is 6.04 Å². The van der Waals surface area contributed by atoms with Crippen LogP contribution in [-0.4, -0.2) is 17.6 Å². The fourth-order valence-electron chi connectivity index (χ4n) is 1.72. The molecule has 0 saturated heterocycles. The molecule has 0 aliphatic carbocycles. The molecule has 2 rings (SSSR count). The molecule has 2 N–H and O–H groups in total. The van der Waals surface area contributed by atoms with E-state index in [0.717, 1.165) is 5.56 Å². The number of rotatable bonds is 4. The van der Waals surface area contributed by atoms with Crippen LogP contribution >= 0.6 is 0 Å². The van der Waals surface area contributed by atoms with E-state index in [1.807, 2.05) is 30.3 Å². The molecule has 4 heteroatoms. The summed E-state index contributed by atoms with van der Waals surface area (Å²) in [7, 11) is 0. The Bertz CT molecular complexity index is 519. The molecule has 0 radical (unpaired) electrons. The van der Waals surface area contributed by atoms with Gasteiger partial charge in [0, 0.05) is 0 Å². The van der Waals surface area contributed by atoms with Crippen LogP contribution in [0.25, 0.3) is 0 Å². The topological polar surface area (TPSA) is 62.5 Å². The zero-order chi connectivity index (χ0) is 13.0. The highest BCUT2D eigenvalue weighted by Gasteiger charge is 2.15. The van der Waals surface area contributed by atoms with E-state index in [1.165, 1.54) is 6.26 Å². The zero-order valence-corrected chi connectivity index (χ0v) is 10.1. The number of aryl methyl sites for hydroxylation is 1. The van der Waals surface area contributed by atoms with E-state index >= 15 is 0 Å². The third-order valence-corrected chi connectivity index (χ3v) is 2.68. The summed E-state index contributed by atoms with van der Waals surface area (Å²) in [6, 6.07) is 10.6. The minimum atomic E-state index is -0.408. The number of aliphatic hydroxyl groups excluding tert-OH is 1. The molecule has 1 amide bonds. The predicted octanol–water partition coefficient (Wildman–Crippen LogP) is 2.05. The Labute approximate surface area is 105 Å². The number of amides is 1. The van der Waals surface area contributed by atoms with E-state index in [2.05, 4.69) is 5.32 Å². The van der Waals surface area contributed by atoms with Crippen LogP contribution in [0.3, 0.4) is 0 Å². The van der Waals surface area contributed by atoms with Crippen LogP contribution in [0.5, 0.6) is 0 Å². The van der Waals surface area contributed by atoms with Gasteiger partial charge in [0.1, 0.15) is 12.0 Å². The summed E-state index contributed by atoms with van der Waals surface area (Å²) in [5.41, 5.74) is 1.33. The highest BCUT2D eigenvalue weighted by Crippen LogP contribution is 2.13. The minimum Gasteiger partial charge on any atom is -0.469 e. The number of furan rings is 1. The average Bonchev–Trinajstić information content (AvgIpc) is 2.83. The molecular formula is C14H15NO3. The summed E-state index contributed by atoms with van der Waals surface area (Å²) >= 11 is 0. The van der Waals surface area contributed by atoms with Crippen LogP contribution in [0.2, 0.25) is 0 Å². The van der Waals surface area contributed by atoms with Gasteiger partial charge in [0.25, 0.3) is 5.91 Å². The van der Waals surface area contributed by atoms with Crippen molar-refractivity contribution < 1.29 is 14.3 Å². The van der Waals surface area contributed by atoms with Crippen LogP contribution in [0.1, 0.15) is 27.7 Å². The highest BCUT2D eigenvalue weighted by atomic mass is 16.3. The van der Waals surface area contributed by atoms with Gasteiger partial charge in [-0.3, -0.25) is 4.79 Å². The van der Waals surface area contributed by atoms with Crippen molar-refractivity contribution in [1.82, 2.24) is 5.32 Å². The fourth-order valence-corrected chi connectivity index (χ4v) is 1.72. The van der Waals surface area contributed by atoms with Gasteiger partial charge in [-0.1, -0.05) is 30.3 Å². The smallest absolute Gasteiger partial charge is 0.255 e. The number of nitrogens with one attached hydrogen (secondary N) is 1. The van der Waals surface area contributed by atoms with Crippen LogP contribution < -0.4 is 5.32 Å². The lowest BCUT2D eigenvalue weighted by Gasteiger charge is -2.15. The minimum absolute atomic E-state index is 0.146. The molecule has 0 bridgehead atoms. The molecule has 0 aliphatic heterocycles. The first-order valence-corrected chi connectivity index (χ1v) is 5.72. The lowest BCUT2D eigenvalue weighted by atomic mass is 10.1. The highest BCUT2D eigenvalue weighted by molar-refractivity contribution is 5.94. The Morgan fingerprint density at radius 1 is 1.39 bits per heavy atom. The van der Waals surface area contributed by atoms with Gasteiger partial charge in [0.2, 0.25) is 0 Å². The van der Waals surface area contributed by atoms with Crippen molar-refractivity contribution in [1.29, 1.82) is 0 Å². The summed E-state index contributed by atoms with van der Waals surface area (Å²) in [5.74, 6) is 0.426. The van der Waals surface area contributed by atoms with Gasteiger partial charge in [-0.25, -0.2) is 0 Å². The Hall–Kier alpha value is -2.07. The first kappa shape index (κ1) is 12.4. The van der Waals surface area contributed by atoms with Gasteiger partial charge in [-0.15, -0.1) is 0 Å². The Morgan fingerprint density at radius 3 is 2.67 bits per heavy atom. The molecule has 1 aromatic heterocycles. The molecule has 0 aliphatic rings. The lowest BCUT2D eigenvalue weighted by Crippen LogP contribution is -2.30. The second-order valence-corrected chi connectivity index (χ2v) is 4.07. The normalized spacial score (nSPS) is 12.1. The van der Waals surface area contributed by atoms with Gasteiger partial charge < -0.3 is 14.8 Å². The molecule has 0 spiro atoms. The number of carbonyl (C=O) groups is 1. The number of hydrogen-bond donors (Lipinski definition) is 2. The first-order valence-electron chi connectivity index (χ1n) is 5.72. The van der Waals surface area contributed by atoms with Gasteiger partial charge >= 0.3 is 0 Å². The standard InChI is InChI=1S/C14H15NO3/c1-10-7-12(9-18-10)14(17)15-13(8-16)11-5-3-2-4-6-11/h2-7,9,13,16H,8H2,1H3,(H,15,17)/t13-/m0/s1. The van der Waals surface area contributed by atoms with Gasteiger partial charge in [0.15, 0.2) is 0 Å². The van der Waals surface area contributed by atoms with Crippen molar-refractivity contribution in [2.75, 3.05) is 6.61 Å². The lowest BCUT2D eigenvalue weighted by molar-refractivity contribution is 0.0915. The summed E-state index contributed by atoms with van der Waals surface area (Å²) in [6.07, 6.45) is 1.41. The van der Waals surface area contributed by atoms with Crippen molar-refractivity contribution in [3.05, 3.63) is 59.5 Å². The maximum atomic E-state index is 11.9. The SMILES string of the molecule is Cc1cc(C(=O)N[C@@H](CO)c2ccccc2)co1. The van der Waals surface area contributed by atoms with E-state index in [4.69, 9.17) is 4.42 Å². The molecular weight excluding hydrogens is 230 g/mol. The third-order valence-electron chi connectivity index (χ3n) is 2.68. The summed E-state index contributed by atoms with van der Waals surface area (Å²) in [6.45, 7) is 1.63. The van der Waals surface area contributed by atoms with Crippen molar-refractivity contribution >= 4 is 5.91 Å². The fraction of sp³-hybridized carbons (Fsp3) is 0.214. The van der Waals surface area contributed by atoms with E-state index in [-0.39, 0.29) is 12.5 Å². The number of benzene rings is 1. The van der Waals surface area contributed by atoms with Crippen molar-refractivity contribution in [2.45, 2.75) is 13.0 Å². The summed E-state index contributed by atoms with van der Waals surface area (Å²) in [4.78, 5) is 11.9. The quantitative estimate of drug-likeness (QED) is 0.866. The van der Waals surface area contributed by atoms with Crippen LogP contribution in [-0.2, 0) is 0 Å². The molecule has 94 valence electrons. The van der Waals surface area contributed by atoms with Crippen LogP contribution in [0, 0.1) is 6.92 Å². The van der Waals surface area contributed by atoms with Crippen molar-refractivity contribution in [3.63, 3.8) is 0 Å². The van der Waals surface area contributed by atoms with E-state index in [9.17, 15) is 9.90 Å². The van der Waals surface area contributed by atoms with Crippen molar-refractivity contribution in [3.8, 4) is 0 Å². The predicted molar refractivity (Wildman–Crippen MR) is 67.2 cm³/mol. The largest absolute Gasteiger partial charge is 0.469 e. The maximum absolute atomic E-state index is 11.9. The van der Waals surface area contributed by atoms with E-state index in [0.29, 0.717) is 11.3 Å². The molecule has 1 heterocycles. The van der Waals surface area contributed by atoms with Gasteiger partial charge in [-0.2, -0.15) is 0 Å². The number of aliphatic hydroxyl groups is 1. The molecule has 1 aromatic carbocycles. The molecule has 2 aromatic rings. The molecule has 1 atom stereocenters. The molecule has 0 saturated carbocycles. The number of carbonyl (C=O) groups excluding carboxylic acids is 1. The molecule has 0 unspecified atom stereocenters. The summed E-state index contributed by atoms with van der Waals surface area (Å²) in [5, 5.41) is 12.1. The monoisotopic (exact) mass is 245 g/mol. The number of hydrogen-bond acceptors (Lipinski definition) is 3. The summed E-state index contributed by atoms with van der Waals surface area (Å²) < 4.78 is 5.08. The van der Waals surface area contributed by atoms with Crippen LogP contribution in [0.15, 0.2) is 47.1 Å². The zero-order valence-electron chi connectivity index (χ0n) is 10.1. The first-order chi connectivity index (χ1) is 8.70. The van der Waals surface area contributed by atoms with E-state index in [1.54, 1.807) is 13.0 Å². The molecule has 0 fully saturated rings. The molecule has 4 nitrogen and oxygen atoms in total. The average molecular weight is 245 g/mol. The molecule has 18 heavy (non-hydrogen) atoms. The second kappa shape index (κ2) is 5.51. The Morgan fingerprint density at radius 2 is 2.11 bits per heavy atom. The van der Waals surface area contributed by atoms with Gasteiger partial charge in [-0.05, 0) is 18.6 Å². The Kier molecular flexibility index (Phi) is 3.79. The van der Waals surface area contributed by atoms with Crippen LogP contribution in [0.4, 0.5) is 0 Å². The third kappa shape index (κ3) is 2.78. The van der Waals surface area contributed by atoms with Gasteiger partial charge in [0.05, 0.1) is 18.2 Å². The Balaban J connectivity index is 2.10.